The van der Waals surface area contributed by atoms with Crippen molar-refractivity contribution in [3.8, 4) is 0 Å². The fourth-order valence-corrected chi connectivity index (χ4v) is 0.942. The zero-order valence-electron chi connectivity index (χ0n) is 8.45. The van der Waals surface area contributed by atoms with Gasteiger partial charge in [-0.15, -0.1) is 0 Å². The Labute approximate surface area is 84.0 Å². The molecule has 0 bridgehead atoms. The normalized spacial score (nSPS) is 8.21. The quantitative estimate of drug-likeness (QED) is 0.560. The minimum atomic E-state index is -0.523. The summed E-state index contributed by atoms with van der Waals surface area (Å²) in [6.45, 7) is 7.55. The molecular weight excluding hydrogens is 178 g/mol. The predicted octanol–water partition coefficient (Wildman–Crippen LogP) is 2.47. The number of nitrogens with one attached hydrogen (secondary N) is 1. The third kappa shape index (κ3) is 3.03. The van der Waals surface area contributed by atoms with Gasteiger partial charge in [-0.3, -0.25) is 10.0 Å². The summed E-state index contributed by atoms with van der Waals surface area (Å²) in [4.78, 5) is 11.0. The van der Waals surface area contributed by atoms with E-state index in [2.05, 4.69) is 6.58 Å². The lowest BCUT2D eigenvalue weighted by Gasteiger charge is -2.01. The molecule has 1 aromatic carbocycles. The highest BCUT2D eigenvalue weighted by Crippen LogP contribution is 2.08. The maximum atomic E-state index is 11.0. The molecule has 1 aromatic rings. The van der Waals surface area contributed by atoms with Gasteiger partial charge in [0.05, 0.1) is 0 Å². The van der Waals surface area contributed by atoms with Crippen LogP contribution in [0.4, 0.5) is 0 Å². The number of amides is 1. The van der Waals surface area contributed by atoms with Crippen molar-refractivity contribution in [3.63, 3.8) is 0 Å². The van der Waals surface area contributed by atoms with Crippen molar-refractivity contribution in [2.75, 3.05) is 0 Å². The fraction of sp³-hybridized carbons (Fsp3) is 0.182. The van der Waals surface area contributed by atoms with E-state index in [-0.39, 0.29) is 0 Å². The van der Waals surface area contributed by atoms with E-state index in [1.165, 1.54) is 0 Å². The summed E-state index contributed by atoms with van der Waals surface area (Å²) in [5, 5.41) is 8.37. The highest BCUT2D eigenvalue weighted by atomic mass is 16.5. The first kappa shape index (κ1) is 12.4. The van der Waals surface area contributed by atoms with E-state index >= 15 is 0 Å². The molecule has 3 nitrogen and oxygen atoms in total. The molecule has 0 aliphatic rings. The molecule has 1 amide bonds. The Kier molecular flexibility index (Phi) is 6.07. The molecule has 1 rings (SSSR count). The van der Waals surface area contributed by atoms with Crippen molar-refractivity contribution in [1.29, 1.82) is 0 Å². The van der Waals surface area contributed by atoms with E-state index in [0.29, 0.717) is 11.1 Å². The summed E-state index contributed by atoms with van der Waals surface area (Å²) in [7, 11) is 0. The van der Waals surface area contributed by atoms with Crippen LogP contribution >= 0.6 is 0 Å². The average Bonchev–Trinajstić information content (AvgIpc) is 2.30. The van der Waals surface area contributed by atoms with E-state index in [1.807, 2.05) is 13.8 Å². The van der Waals surface area contributed by atoms with Crippen LogP contribution in [0, 0.1) is 0 Å². The van der Waals surface area contributed by atoms with Crippen molar-refractivity contribution in [1.82, 2.24) is 5.48 Å². The van der Waals surface area contributed by atoms with E-state index in [0.717, 1.165) is 0 Å². The summed E-state index contributed by atoms with van der Waals surface area (Å²) in [6, 6.07) is 6.88. The molecular formula is C11H15NO2. The summed E-state index contributed by atoms with van der Waals surface area (Å²) in [5.74, 6) is -0.523. The van der Waals surface area contributed by atoms with E-state index in [4.69, 9.17) is 5.21 Å². The van der Waals surface area contributed by atoms with Gasteiger partial charge < -0.3 is 0 Å². The van der Waals surface area contributed by atoms with Crippen LogP contribution in [0.5, 0.6) is 0 Å². The van der Waals surface area contributed by atoms with Crippen LogP contribution in [0.1, 0.15) is 29.8 Å². The van der Waals surface area contributed by atoms with Gasteiger partial charge in [0.25, 0.3) is 5.91 Å². The lowest BCUT2D eigenvalue weighted by atomic mass is 10.1. The molecule has 0 aliphatic carbocycles. The molecule has 2 N–H and O–H groups in total. The van der Waals surface area contributed by atoms with Gasteiger partial charge in [0, 0.05) is 5.56 Å². The van der Waals surface area contributed by atoms with Crippen molar-refractivity contribution < 1.29 is 10.0 Å². The van der Waals surface area contributed by atoms with Crippen LogP contribution in [0.15, 0.2) is 30.8 Å². The molecule has 0 radical (unpaired) electrons. The second-order valence-corrected chi connectivity index (χ2v) is 2.23. The standard InChI is InChI=1S/C9H9NO2.C2H6/c1-2-7-5-3-4-6-8(7)9(11)10-12;1-2/h2-6,12H,1H2,(H,10,11);1-2H3. The van der Waals surface area contributed by atoms with Crippen LogP contribution in [-0.2, 0) is 0 Å². The smallest absolute Gasteiger partial charge is 0.275 e. The number of rotatable bonds is 2. The van der Waals surface area contributed by atoms with Crippen LogP contribution in [0.2, 0.25) is 0 Å². The Hall–Kier alpha value is -1.61. The van der Waals surface area contributed by atoms with E-state index in [9.17, 15) is 4.79 Å². The summed E-state index contributed by atoms with van der Waals surface area (Å²) >= 11 is 0. The largest absolute Gasteiger partial charge is 0.288 e. The summed E-state index contributed by atoms with van der Waals surface area (Å²) < 4.78 is 0. The molecule has 0 aromatic heterocycles. The van der Waals surface area contributed by atoms with Crippen LogP contribution in [-0.4, -0.2) is 11.1 Å². The fourth-order valence-electron chi connectivity index (χ4n) is 0.942. The van der Waals surface area contributed by atoms with Crippen LogP contribution < -0.4 is 5.48 Å². The second-order valence-electron chi connectivity index (χ2n) is 2.23. The lowest BCUT2D eigenvalue weighted by Crippen LogP contribution is -2.19. The maximum absolute atomic E-state index is 11.0. The van der Waals surface area contributed by atoms with E-state index < -0.39 is 5.91 Å². The maximum Gasteiger partial charge on any atom is 0.275 e. The van der Waals surface area contributed by atoms with Gasteiger partial charge in [0.15, 0.2) is 0 Å². The SMILES string of the molecule is C=Cc1ccccc1C(=O)NO.CC. The number of hydrogen-bond acceptors (Lipinski definition) is 2. The van der Waals surface area contributed by atoms with Crippen LogP contribution in [0.25, 0.3) is 6.08 Å². The minimum absolute atomic E-state index is 0.412. The molecule has 0 unspecified atom stereocenters. The molecule has 0 spiro atoms. The zero-order valence-corrected chi connectivity index (χ0v) is 8.45. The Bertz CT molecular complexity index is 308. The average molecular weight is 193 g/mol. The number of carbonyl (C=O) groups excluding carboxylic acids is 1. The predicted molar refractivity (Wildman–Crippen MR) is 57.1 cm³/mol. The molecule has 3 heteroatoms. The Morgan fingerprint density at radius 2 is 2.00 bits per heavy atom. The van der Waals surface area contributed by atoms with Gasteiger partial charge >= 0.3 is 0 Å². The first-order chi connectivity index (χ1) is 6.79. The van der Waals surface area contributed by atoms with Gasteiger partial charge in [-0.05, 0) is 11.6 Å². The molecule has 0 saturated carbocycles. The highest BCUT2D eigenvalue weighted by Gasteiger charge is 2.05. The minimum Gasteiger partial charge on any atom is -0.288 e. The Morgan fingerprint density at radius 1 is 1.43 bits per heavy atom. The molecule has 0 fully saturated rings. The summed E-state index contributed by atoms with van der Waals surface area (Å²) in [6.07, 6.45) is 1.56. The molecule has 0 heterocycles. The Balaban J connectivity index is 0.000000791. The lowest BCUT2D eigenvalue weighted by molar-refractivity contribution is 0.0706. The molecule has 0 aliphatic heterocycles. The highest BCUT2D eigenvalue weighted by molar-refractivity contribution is 5.96. The number of carbonyl (C=O) groups is 1. The van der Waals surface area contributed by atoms with Gasteiger partial charge in [-0.2, -0.15) is 0 Å². The number of benzene rings is 1. The second kappa shape index (κ2) is 6.86. The molecule has 0 saturated heterocycles. The third-order valence-corrected chi connectivity index (χ3v) is 1.53. The zero-order chi connectivity index (χ0) is 11.0. The van der Waals surface area contributed by atoms with Crippen LogP contribution in [0.3, 0.4) is 0 Å². The van der Waals surface area contributed by atoms with E-state index in [1.54, 1.807) is 35.8 Å². The third-order valence-electron chi connectivity index (χ3n) is 1.53. The number of hydrogen-bond donors (Lipinski definition) is 2. The molecule has 76 valence electrons. The van der Waals surface area contributed by atoms with Crippen molar-refractivity contribution >= 4 is 12.0 Å². The first-order valence-corrected chi connectivity index (χ1v) is 4.45. The monoisotopic (exact) mass is 193 g/mol. The van der Waals surface area contributed by atoms with Crippen molar-refractivity contribution in [3.05, 3.63) is 42.0 Å². The van der Waals surface area contributed by atoms with Gasteiger partial charge in [0.1, 0.15) is 0 Å². The number of hydroxylamine groups is 1. The molecule has 0 atom stereocenters. The van der Waals surface area contributed by atoms with Gasteiger partial charge in [-0.25, -0.2) is 5.48 Å². The summed E-state index contributed by atoms with van der Waals surface area (Å²) in [5.41, 5.74) is 2.68. The van der Waals surface area contributed by atoms with Gasteiger partial charge in [0.2, 0.25) is 0 Å². The molecule has 14 heavy (non-hydrogen) atoms. The van der Waals surface area contributed by atoms with Crippen molar-refractivity contribution in [2.24, 2.45) is 0 Å². The van der Waals surface area contributed by atoms with Crippen molar-refractivity contribution in [2.45, 2.75) is 13.8 Å². The van der Waals surface area contributed by atoms with Gasteiger partial charge in [-0.1, -0.05) is 44.7 Å². The first-order valence-electron chi connectivity index (χ1n) is 4.45. The topological polar surface area (TPSA) is 49.3 Å². The Morgan fingerprint density at radius 3 is 2.50 bits per heavy atom.